The molecule has 1 aliphatic heterocycles. The Morgan fingerprint density at radius 1 is 1.00 bits per heavy atom. The highest BCUT2D eigenvalue weighted by Crippen LogP contribution is 2.35. The second-order valence-electron chi connectivity index (χ2n) is 12.2. The Kier molecular flexibility index (Phi) is 9.22. The van der Waals surface area contributed by atoms with Gasteiger partial charge < -0.3 is 14.0 Å². The summed E-state index contributed by atoms with van der Waals surface area (Å²) in [6.45, 7) is 11.8. The van der Waals surface area contributed by atoms with E-state index in [9.17, 15) is 9.59 Å². The molecule has 0 radical (unpaired) electrons. The van der Waals surface area contributed by atoms with Crippen molar-refractivity contribution < 1.29 is 23.6 Å². The molecule has 0 aromatic carbocycles. The molecule has 3 rings (SSSR count). The molecule has 35 heavy (non-hydrogen) atoms. The van der Waals surface area contributed by atoms with Crippen LogP contribution in [0.4, 0.5) is 4.79 Å². The van der Waals surface area contributed by atoms with Gasteiger partial charge in [-0.3, -0.25) is 9.69 Å². The molecule has 2 aliphatic rings. The molecule has 2 atom stereocenters. The van der Waals surface area contributed by atoms with Crippen molar-refractivity contribution in [2.75, 3.05) is 6.54 Å². The molecule has 0 N–H and O–H groups in total. The number of amides is 1. The van der Waals surface area contributed by atoms with Crippen LogP contribution in [-0.4, -0.2) is 44.8 Å². The third-order valence-electron chi connectivity index (χ3n) is 6.71. The summed E-state index contributed by atoms with van der Waals surface area (Å²) in [5, 5.41) is 4.24. The van der Waals surface area contributed by atoms with Gasteiger partial charge in [-0.2, -0.15) is 4.98 Å². The summed E-state index contributed by atoms with van der Waals surface area (Å²) in [4.78, 5) is 31.8. The predicted octanol–water partition coefficient (Wildman–Crippen LogP) is 6.71. The highest BCUT2D eigenvalue weighted by atomic mass is 16.6. The molecule has 1 aliphatic carbocycles. The number of ether oxygens (including phenoxy) is 2. The Hall–Kier alpha value is -2.12. The summed E-state index contributed by atoms with van der Waals surface area (Å²) in [5.41, 5.74) is -1.11. The molecular formula is C27H45N3O5. The lowest BCUT2D eigenvalue weighted by Crippen LogP contribution is -2.36. The van der Waals surface area contributed by atoms with Gasteiger partial charge in [0.2, 0.25) is 5.89 Å². The predicted molar refractivity (Wildman–Crippen MR) is 133 cm³/mol. The molecule has 1 saturated carbocycles. The second kappa shape index (κ2) is 11.7. The van der Waals surface area contributed by atoms with Crippen molar-refractivity contribution in [3.8, 4) is 0 Å². The SMILES string of the molecule is CC(C)(C)OC(=O)CC(CCCC1CCCCC1)c1nc(C2CCCN2C(=O)OC(C)(C)C)no1. The number of rotatable bonds is 8. The summed E-state index contributed by atoms with van der Waals surface area (Å²) >= 11 is 0. The van der Waals surface area contributed by atoms with E-state index in [-0.39, 0.29) is 30.4 Å². The number of carbonyl (C=O) groups excluding carboxylic acids is 2. The number of esters is 1. The van der Waals surface area contributed by atoms with Gasteiger partial charge in [0.1, 0.15) is 11.2 Å². The Balaban J connectivity index is 1.69. The fourth-order valence-electron chi connectivity index (χ4n) is 5.15. The third kappa shape index (κ3) is 8.80. The van der Waals surface area contributed by atoms with Crippen LogP contribution in [-0.2, 0) is 14.3 Å². The quantitative estimate of drug-likeness (QED) is 0.373. The van der Waals surface area contributed by atoms with E-state index in [1.54, 1.807) is 4.90 Å². The van der Waals surface area contributed by atoms with E-state index in [0.29, 0.717) is 18.3 Å². The first kappa shape index (κ1) is 27.5. The smallest absolute Gasteiger partial charge is 0.410 e. The molecule has 8 heteroatoms. The average Bonchev–Trinajstić information content (AvgIpc) is 3.41. The van der Waals surface area contributed by atoms with Crippen LogP contribution in [0.3, 0.4) is 0 Å². The molecule has 2 unspecified atom stereocenters. The van der Waals surface area contributed by atoms with E-state index < -0.39 is 11.2 Å². The summed E-state index contributed by atoms with van der Waals surface area (Å²) in [7, 11) is 0. The van der Waals surface area contributed by atoms with Crippen molar-refractivity contribution in [3.05, 3.63) is 11.7 Å². The van der Waals surface area contributed by atoms with E-state index in [2.05, 4.69) is 5.16 Å². The van der Waals surface area contributed by atoms with Gasteiger partial charge in [0, 0.05) is 12.5 Å². The van der Waals surface area contributed by atoms with Gasteiger partial charge in [0.05, 0.1) is 12.5 Å². The largest absolute Gasteiger partial charge is 0.460 e. The minimum atomic E-state index is -0.566. The molecule has 1 amide bonds. The number of hydrogen-bond donors (Lipinski definition) is 0. The molecule has 1 aromatic heterocycles. The molecule has 1 saturated heterocycles. The lowest BCUT2D eigenvalue weighted by molar-refractivity contribution is -0.155. The first-order valence-electron chi connectivity index (χ1n) is 13.5. The van der Waals surface area contributed by atoms with Gasteiger partial charge in [-0.15, -0.1) is 0 Å². The van der Waals surface area contributed by atoms with E-state index in [0.717, 1.165) is 31.6 Å². The summed E-state index contributed by atoms with van der Waals surface area (Å²) in [5.74, 6) is 1.29. The van der Waals surface area contributed by atoms with Gasteiger partial charge >= 0.3 is 12.1 Å². The minimum absolute atomic E-state index is 0.189. The first-order valence-corrected chi connectivity index (χ1v) is 13.5. The van der Waals surface area contributed by atoms with Crippen molar-refractivity contribution in [1.82, 2.24) is 15.0 Å². The van der Waals surface area contributed by atoms with Crippen LogP contribution in [0, 0.1) is 5.92 Å². The van der Waals surface area contributed by atoms with E-state index >= 15 is 0 Å². The molecule has 0 spiro atoms. The Labute approximate surface area is 210 Å². The van der Waals surface area contributed by atoms with Crippen LogP contribution in [0.25, 0.3) is 0 Å². The van der Waals surface area contributed by atoms with Crippen molar-refractivity contribution in [3.63, 3.8) is 0 Å². The zero-order valence-electron chi connectivity index (χ0n) is 22.6. The van der Waals surface area contributed by atoms with Gasteiger partial charge in [-0.1, -0.05) is 50.1 Å². The molecule has 1 aromatic rings. The second-order valence-corrected chi connectivity index (χ2v) is 12.2. The first-order chi connectivity index (χ1) is 16.4. The van der Waals surface area contributed by atoms with Gasteiger partial charge in [-0.25, -0.2) is 4.79 Å². The Bertz CT molecular complexity index is 833. The Morgan fingerprint density at radius 2 is 1.69 bits per heavy atom. The van der Waals surface area contributed by atoms with Gasteiger partial charge in [0.25, 0.3) is 0 Å². The maximum Gasteiger partial charge on any atom is 0.410 e. The fourth-order valence-corrected chi connectivity index (χ4v) is 5.15. The topological polar surface area (TPSA) is 94.8 Å². The Morgan fingerprint density at radius 3 is 2.34 bits per heavy atom. The van der Waals surface area contributed by atoms with Gasteiger partial charge in [0.15, 0.2) is 5.82 Å². The summed E-state index contributed by atoms with van der Waals surface area (Å²) in [6.07, 6.45) is 11.1. The van der Waals surface area contributed by atoms with Crippen LogP contribution in [0.5, 0.6) is 0 Å². The van der Waals surface area contributed by atoms with Crippen LogP contribution in [0.15, 0.2) is 4.52 Å². The number of likely N-dealkylation sites (tertiary alicyclic amines) is 1. The van der Waals surface area contributed by atoms with E-state index in [4.69, 9.17) is 19.0 Å². The highest BCUT2D eigenvalue weighted by molar-refractivity contribution is 5.71. The zero-order valence-corrected chi connectivity index (χ0v) is 22.6. The van der Waals surface area contributed by atoms with Crippen LogP contribution < -0.4 is 0 Å². The van der Waals surface area contributed by atoms with Crippen molar-refractivity contribution in [1.29, 1.82) is 0 Å². The summed E-state index contributed by atoms with van der Waals surface area (Å²) < 4.78 is 16.9. The standard InChI is InChI=1S/C27H45N3O5/c1-26(2,3)33-22(31)18-20(15-10-14-19-12-8-7-9-13-19)24-28-23(29-35-24)21-16-11-17-30(21)25(32)34-27(4,5)6/h19-21H,7-18H2,1-6H3. The maximum atomic E-state index is 12.7. The number of hydrogen-bond acceptors (Lipinski definition) is 7. The lowest BCUT2D eigenvalue weighted by atomic mass is 9.84. The van der Waals surface area contributed by atoms with Crippen molar-refractivity contribution >= 4 is 12.1 Å². The average molecular weight is 492 g/mol. The molecule has 198 valence electrons. The van der Waals surface area contributed by atoms with E-state index in [1.807, 2.05) is 41.5 Å². The third-order valence-corrected chi connectivity index (χ3v) is 6.71. The lowest BCUT2D eigenvalue weighted by Gasteiger charge is -2.27. The van der Waals surface area contributed by atoms with Crippen molar-refractivity contribution in [2.24, 2.45) is 5.92 Å². The normalized spacial score (nSPS) is 20.6. The molecular weight excluding hydrogens is 446 g/mol. The molecule has 2 heterocycles. The van der Waals surface area contributed by atoms with Crippen LogP contribution in [0.2, 0.25) is 0 Å². The molecule has 0 bridgehead atoms. The highest BCUT2D eigenvalue weighted by Gasteiger charge is 2.37. The number of nitrogens with zero attached hydrogens (tertiary/aromatic N) is 3. The fraction of sp³-hybridized carbons (Fsp3) is 0.852. The maximum absolute atomic E-state index is 12.7. The van der Waals surface area contributed by atoms with Gasteiger partial charge in [-0.05, 0) is 66.7 Å². The molecule has 2 fully saturated rings. The van der Waals surface area contributed by atoms with Crippen LogP contribution in [0.1, 0.15) is 136 Å². The molecule has 8 nitrogen and oxygen atoms in total. The minimum Gasteiger partial charge on any atom is -0.460 e. The monoisotopic (exact) mass is 491 g/mol. The number of carbonyl (C=O) groups is 2. The number of aromatic nitrogens is 2. The summed E-state index contributed by atoms with van der Waals surface area (Å²) in [6, 6.07) is -0.272. The van der Waals surface area contributed by atoms with Crippen molar-refractivity contribution in [2.45, 2.75) is 135 Å². The van der Waals surface area contributed by atoms with Crippen LogP contribution >= 0.6 is 0 Å². The zero-order chi connectivity index (χ0) is 25.6. The van der Waals surface area contributed by atoms with E-state index in [1.165, 1.54) is 38.5 Å².